The topological polar surface area (TPSA) is 185 Å². The third-order valence-corrected chi connectivity index (χ3v) is 8.52. The number of nitrogens with two attached hydrogens (primary N) is 1. The van der Waals surface area contributed by atoms with Gasteiger partial charge in [0, 0.05) is 28.9 Å². The third kappa shape index (κ3) is 4.74. The standard InChI is InChI=1S/C24H22N6O7S2/c1-37-14-4-2-13(3-5-14)29-7-6-11(20(29)32)8-12-9-38-22-17(21(33)30(22)18(12)23(34)35)27-19(31)16(28-36)15-10-39-24(25)26-15/h2-5,8,10,16-17,22H,6-7,9H2,1H3,(H2,25,26)(H,27,31)(H,34,35)/t16?,17-,22-/m1/s1. The van der Waals surface area contributed by atoms with E-state index in [-0.39, 0.29) is 28.2 Å². The number of nitrogen functional groups attached to an aromatic ring is 1. The number of nitrogens with one attached hydrogen (secondary N) is 1. The molecule has 39 heavy (non-hydrogen) atoms. The number of carboxylic acids is 1. The van der Waals surface area contributed by atoms with E-state index in [1.165, 1.54) is 23.2 Å². The van der Waals surface area contributed by atoms with E-state index in [0.29, 0.717) is 35.5 Å². The Morgan fingerprint density at radius 3 is 2.67 bits per heavy atom. The fourth-order valence-electron chi connectivity index (χ4n) is 4.62. The first-order chi connectivity index (χ1) is 18.7. The minimum atomic E-state index is -1.49. The maximum Gasteiger partial charge on any atom is 0.352 e. The van der Waals surface area contributed by atoms with Gasteiger partial charge in [-0.1, -0.05) is 0 Å². The van der Waals surface area contributed by atoms with E-state index in [9.17, 15) is 29.2 Å². The zero-order valence-electron chi connectivity index (χ0n) is 20.4. The second-order valence-electron chi connectivity index (χ2n) is 8.77. The van der Waals surface area contributed by atoms with Crippen LogP contribution in [0.5, 0.6) is 5.75 Å². The molecule has 1 aromatic carbocycles. The molecule has 2 aromatic rings. The minimum absolute atomic E-state index is 0.0647. The number of methoxy groups -OCH3 is 1. The molecule has 0 spiro atoms. The summed E-state index contributed by atoms with van der Waals surface area (Å²) in [6.07, 6.45) is 1.94. The number of aliphatic carboxylic acids is 1. The molecule has 1 unspecified atom stereocenters. The molecule has 2 fully saturated rings. The van der Waals surface area contributed by atoms with Crippen molar-refractivity contribution in [3.63, 3.8) is 0 Å². The number of amides is 3. The van der Waals surface area contributed by atoms with Crippen LogP contribution in [-0.2, 0) is 19.2 Å². The van der Waals surface area contributed by atoms with Crippen LogP contribution in [0.25, 0.3) is 0 Å². The number of ether oxygens (including phenoxy) is 1. The van der Waals surface area contributed by atoms with Gasteiger partial charge in [-0.05, 0) is 47.5 Å². The monoisotopic (exact) mass is 570 g/mol. The molecule has 3 aliphatic rings. The van der Waals surface area contributed by atoms with Gasteiger partial charge in [0.15, 0.2) is 5.13 Å². The average molecular weight is 571 g/mol. The summed E-state index contributed by atoms with van der Waals surface area (Å²) in [4.78, 5) is 68.9. The molecule has 1 aromatic heterocycles. The van der Waals surface area contributed by atoms with E-state index >= 15 is 0 Å². The Balaban J connectivity index is 1.33. The van der Waals surface area contributed by atoms with Crippen molar-refractivity contribution in [3.05, 3.63) is 63.2 Å². The highest BCUT2D eigenvalue weighted by atomic mass is 32.2. The number of carbonyl (C=O) groups is 4. The number of thiazole rings is 1. The Labute approximate surface area is 229 Å². The van der Waals surface area contributed by atoms with Crippen LogP contribution in [-0.4, -0.2) is 69.5 Å². The van der Waals surface area contributed by atoms with Crippen LogP contribution in [0, 0.1) is 4.91 Å². The van der Waals surface area contributed by atoms with Crippen molar-refractivity contribution >= 4 is 57.6 Å². The van der Waals surface area contributed by atoms with Gasteiger partial charge < -0.3 is 25.8 Å². The molecule has 0 radical (unpaired) electrons. The van der Waals surface area contributed by atoms with Gasteiger partial charge >= 0.3 is 5.97 Å². The Bertz CT molecular complexity index is 1440. The molecule has 0 saturated carbocycles. The molecule has 3 amide bonds. The maximum absolute atomic E-state index is 13.1. The van der Waals surface area contributed by atoms with Crippen LogP contribution in [0.15, 0.2) is 57.7 Å². The molecular formula is C24H22N6O7S2. The minimum Gasteiger partial charge on any atom is -0.497 e. The number of benzene rings is 1. The fraction of sp³-hybridized carbons (Fsp3) is 0.292. The summed E-state index contributed by atoms with van der Waals surface area (Å²) < 4.78 is 5.15. The summed E-state index contributed by atoms with van der Waals surface area (Å²) in [5, 5.41) is 16.1. The molecule has 202 valence electrons. The second-order valence-corrected chi connectivity index (χ2v) is 10.8. The van der Waals surface area contributed by atoms with Gasteiger partial charge in [-0.2, -0.15) is 0 Å². The first kappa shape index (κ1) is 26.4. The van der Waals surface area contributed by atoms with Gasteiger partial charge in [-0.25, -0.2) is 9.78 Å². The number of nitrogens with zero attached hydrogens (tertiary/aromatic N) is 4. The predicted octanol–water partition coefficient (Wildman–Crippen LogP) is 1.64. The number of fused-ring (bicyclic) bond motifs is 1. The lowest BCUT2D eigenvalue weighted by Crippen LogP contribution is -2.70. The molecule has 4 N–H and O–H groups in total. The molecule has 3 aliphatic heterocycles. The van der Waals surface area contributed by atoms with Gasteiger partial charge in [-0.3, -0.25) is 19.3 Å². The lowest BCUT2D eigenvalue weighted by molar-refractivity contribution is -0.150. The van der Waals surface area contributed by atoms with Gasteiger partial charge in [-0.15, -0.1) is 28.0 Å². The number of anilines is 2. The normalized spacial score (nSPS) is 22.4. The largest absolute Gasteiger partial charge is 0.497 e. The van der Waals surface area contributed by atoms with Crippen LogP contribution in [0.4, 0.5) is 10.8 Å². The summed E-state index contributed by atoms with van der Waals surface area (Å²) in [5.41, 5.74) is 6.83. The molecular weight excluding hydrogens is 548 g/mol. The average Bonchev–Trinajstić information content (AvgIpc) is 3.52. The van der Waals surface area contributed by atoms with Crippen molar-refractivity contribution in [3.8, 4) is 5.75 Å². The molecule has 0 aliphatic carbocycles. The van der Waals surface area contributed by atoms with Crippen molar-refractivity contribution in [2.75, 3.05) is 30.0 Å². The molecule has 5 rings (SSSR count). The van der Waals surface area contributed by atoms with Crippen molar-refractivity contribution in [2.45, 2.75) is 23.9 Å². The highest BCUT2D eigenvalue weighted by Gasteiger charge is 2.54. The lowest BCUT2D eigenvalue weighted by atomic mass is 10.0. The van der Waals surface area contributed by atoms with E-state index in [4.69, 9.17) is 10.5 Å². The first-order valence-corrected chi connectivity index (χ1v) is 13.6. The summed E-state index contributed by atoms with van der Waals surface area (Å²) in [6.45, 7) is 0.426. The van der Waals surface area contributed by atoms with Crippen molar-refractivity contribution in [1.29, 1.82) is 0 Å². The summed E-state index contributed by atoms with van der Waals surface area (Å²) in [6, 6.07) is 4.49. The van der Waals surface area contributed by atoms with Crippen LogP contribution in [0.1, 0.15) is 18.2 Å². The molecule has 4 heterocycles. The molecule has 13 nitrogen and oxygen atoms in total. The Hall–Kier alpha value is -4.24. The molecule has 0 bridgehead atoms. The Morgan fingerprint density at radius 1 is 1.31 bits per heavy atom. The molecule has 3 atom stereocenters. The number of allylic oxidation sites excluding steroid dienone is 1. The van der Waals surface area contributed by atoms with Gasteiger partial charge in [0.25, 0.3) is 17.7 Å². The SMILES string of the molecule is COc1ccc(N2CCC(=CC3=C(C(=O)O)N4C(=O)[C@@H](NC(=O)C(N=O)c5csc(N)n5)[C@H]4SC3)C2=O)cc1. The van der Waals surface area contributed by atoms with E-state index in [1.807, 2.05) is 0 Å². The van der Waals surface area contributed by atoms with Gasteiger partial charge in [0.1, 0.15) is 22.9 Å². The zero-order valence-corrected chi connectivity index (χ0v) is 22.0. The summed E-state index contributed by atoms with van der Waals surface area (Å²) in [7, 11) is 1.55. The number of carbonyl (C=O) groups excluding carboxylic acids is 3. The van der Waals surface area contributed by atoms with Crippen molar-refractivity contribution in [1.82, 2.24) is 15.2 Å². The highest BCUT2D eigenvalue weighted by molar-refractivity contribution is 8.00. The lowest BCUT2D eigenvalue weighted by Gasteiger charge is -2.49. The van der Waals surface area contributed by atoms with Crippen LogP contribution in [0.3, 0.4) is 0 Å². The van der Waals surface area contributed by atoms with E-state index < -0.39 is 35.2 Å². The van der Waals surface area contributed by atoms with Gasteiger partial charge in [0.2, 0.25) is 6.04 Å². The summed E-state index contributed by atoms with van der Waals surface area (Å²) in [5.74, 6) is -2.20. The van der Waals surface area contributed by atoms with Crippen molar-refractivity contribution < 1.29 is 29.0 Å². The third-order valence-electron chi connectivity index (χ3n) is 6.53. The number of hydrogen-bond donors (Lipinski definition) is 3. The number of carboxylic acid groups (broad SMARTS) is 1. The number of thioether (sulfide) groups is 1. The first-order valence-electron chi connectivity index (χ1n) is 11.6. The number of β-lactam (4-membered cyclic amide) rings is 1. The zero-order chi connectivity index (χ0) is 27.8. The predicted molar refractivity (Wildman–Crippen MR) is 143 cm³/mol. The maximum atomic E-state index is 13.1. The van der Waals surface area contributed by atoms with Crippen LogP contribution in [0.2, 0.25) is 0 Å². The van der Waals surface area contributed by atoms with Crippen LogP contribution < -0.4 is 20.7 Å². The molecule has 15 heteroatoms. The molecule has 2 saturated heterocycles. The van der Waals surface area contributed by atoms with E-state index in [1.54, 1.807) is 36.3 Å². The fourth-order valence-corrected chi connectivity index (χ4v) is 6.50. The number of rotatable bonds is 8. The summed E-state index contributed by atoms with van der Waals surface area (Å²) >= 11 is 2.28. The number of nitroso groups, excluding NO2 is 1. The van der Waals surface area contributed by atoms with Crippen LogP contribution >= 0.6 is 23.1 Å². The van der Waals surface area contributed by atoms with E-state index in [0.717, 1.165) is 16.2 Å². The smallest absolute Gasteiger partial charge is 0.352 e. The van der Waals surface area contributed by atoms with Crippen molar-refractivity contribution in [2.24, 2.45) is 5.18 Å². The Kier molecular flexibility index (Phi) is 7.10. The quantitative estimate of drug-likeness (QED) is 0.239. The highest BCUT2D eigenvalue weighted by Crippen LogP contribution is 2.42. The van der Waals surface area contributed by atoms with Gasteiger partial charge in [0.05, 0.1) is 12.8 Å². The number of hydrogen-bond acceptors (Lipinski definition) is 11. The second kappa shape index (κ2) is 10.5. The van der Waals surface area contributed by atoms with E-state index in [2.05, 4.69) is 15.5 Å². The Morgan fingerprint density at radius 2 is 2.05 bits per heavy atom. The number of aromatic nitrogens is 1.